The predicted octanol–water partition coefficient (Wildman–Crippen LogP) is -0.516. The molecule has 0 aromatic rings. The van der Waals surface area contributed by atoms with Gasteiger partial charge in [-0.25, -0.2) is 4.79 Å². The fourth-order valence-electron chi connectivity index (χ4n) is 1.54. The van der Waals surface area contributed by atoms with E-state index in [4.69, 9.17) is 15.3 Å². The lowest BCUT2D eigenvalue weighted by Gasteiger charge is -2.22. The van der Waals surface area contributed by atoms with Gasteiger partial charge in [-0.2, -0.15) is 0 Å². The highest BCUT2D eigenvalue weighted by Crippen LogP contribution is 2.05. The first-order chi connectivity index (χ1) is 8.56. The number of hydrogen-bond donors (Lipinski definition) is 4. The fourth-order valence-corrected chi connectivity index (χ4v) is 1.54. The van der Waals surface area contributed by atoms with E-state index >= 15 is 0 Å². The molecule has 0 aliphatic carbocycles. The van der Waals surface area contributed by atoms with Crippen LogP contribution >= 0.6 is 0 Å². The van der Waals surface area contributed by atoms with Gasteiger partial charge in [0.25, 0.3) is 0 Å². The Labute approximate surface area is 106 Å². The summed E-state index contributed by atoms with van der Waals surface area (Å²) in [5.41, 5.74) is 0. The van der Waals surface area contributed by atoms with E-state index in [2.05, 4.69) is 5.32 Å². The number of carbonyl (C=O) groups is 2. The zero-order valence-electron chi connectivity index (χ0n) is 10.6. The number of aliphatic hydroxyl groups excluding tert-OH is 2. The molecule has 0 aromatic carbocycles. The van der Waals surface area contributed by atoms with Crippen molar-refractivity contribution < 1.29 is 24.9 Å². The van der Waals surface area contributed by atoms with E-state index in [1.165, 1.54) is 4.90 Å². The Morgan fingerprint density at radius 1 is 1.22 bits per heavy atom. The smallest absolute Gasteiger partial charge is 0.317 e. The summed E-state index contributed by atoms with van der Waals surface area (Å²) in [5.74, 6) is -1.54. The molecule has 0 heterocycles. The molecule has 0 saturated carbocycles. The van der Waals surface area contributed by atoms with Gasteiger partial charge in [0, 0.05) is 19.6 Å². The van der Waals surface area contributed by atoms with Crippen LogP contribution in [0.4, 0.5) is 4.79 Å². The van der Waals surface area contributed by atoms with Crippen molar-refractivity contribution in [1.29, 1.82) is 0 Å². The third-order valence-electron chi connectivity index (χ3n) is 2.51. The molecule has 0 fully saturated rings. The van der Waals surface area contributed by atoms with Crippen molar-refractivity contribution >= 4 is 12.0 Å². The van der Waals surface area contributed by atoms with Crippen molar-refractivity contribution in [3.63, 3.8) is 0 Å². The summed E-state index contributed by atoms with van der Waals surface area (Å²) in [6.07, 6.45) is 1.22. The van der Waals surface area contributed by atoms with Crippen molar-refractivity contribution in [2.75, 3.05) is 32.8 Å². The maximum absolute atomic E-state index is 11.7. The van der Waals surface area contributed by atoms with Crippen LogP contribution in [0.25, 0.3) is 0 Å². The molecule has 7 nitrogen and oxygen atoms in total. The second-order valence-corrected chi connectivity index (χ2v) is 3.94. The molecule has 0 aromatic heterocycles. The number of urea groups is 1. The van der Waals surface area contributed by atoms with Gasteiger partial charge in [-0.1, -0.05) is 13.3 Å². The quantitative estimate of drug-likeness (QED) is 0.447. The average Bonchev–Trinajstić information content (AvgIpc) is 2.33. The minimum atomic E-state index is -0.937. The molecular formula is C11H22N2O5. The van der Waals surface area contributed by atoms with Crippen molar-refractivity contribution in [3.05, 3.63) is 0 Å². The second-order valence-electron chi connectivity index (χ2n) is 3.94. The Balaban J connectivity index is 4.22. The molecule has 0 aliphatic rings. The van der Waals surface area contributed by atoms with E-state index in [0.717, 1.165) is 6.42 Å². The van der Waals surface area contributed by atoms with Gasteiger partial charge in [0.1, 0.15) is 0 Å². The lowest BCUT2D eigenvalue weighted by atomic mass is 10.0. The molecule has 4 N–H and O–H groups in total. The maximum Gasteiger partial charge on any atom is 0.317 e. The normalized spacial score (nSPS) is 11.9. The van der Waals surface area contributed by atoms with Crippen LogP contribution in [0, 0.1) is 5.92 Å². The van der Waals surface area contributed by atoms with Gasteiger partial charge < -0.3 is 25.5 Å². The van der Waals surface area contributed by atoms with E-state index in [-0.39, 0.29) is 32.8 Å². The molecule has 1 unspecified atom stereocenters. The third-order valence-corrected chi connectivity index (χ3v) is 2.51. The van der Waals surface area contributed by atoms with Gasteiger partial charge >= 0.3 is 12.0 Å². The van der Waals surface area contributed by atoms with Gasteiger partial charge in [-0.3, -0.25) is 4.79 Å². The number of carboxylic acids is 1. The Morgan fingerprint density at radius 3 is 2.17 bits per heavy atom. The first-order valence-corrected chi connectivity index (χ1v) is 6.04. The molecule has 7 heteroatoms. The number of aliphatic carboxylic acids is 1. The van der Waals surface area contributed by atoms with E-state index in [1.807, 2.05) is 6.92 Å². The number of nitrogens with zero attached hydrogens (tertiary/aromatic N) is 1. The summed E-state index contributed by atoms with van der Waals surface area (Å²) >= 11 is 0. The fraction of sp³-hybridized carbons (Fsp3) is 0.818. The van der Waals surface area contributed by atoms with Gasteiger partial charge in [0.2, 0.25) is 0 Å². The molecule has 0 radical (unpaired) electrons. The first-order valence-electron chi connectivity index (χ1n) is 6.04. The number of amides is 2. The van der Waals surface area contributed by atoms with Crippen molar-refractivity contribution in [3.8, 4) is 0 Å². The van der Waals surface area contributed by atoms with E-state index in [0.29, 0.717) is 6.42 Å². The highest BCUT2D eigenvalue weighted by Gasteiger charge is 2.19. The number of hydrogen-bond acceptors (Lipinski definition) is 4. The summed E-state index contributed by atoms with van der Waals surface area (Å²) in [7, 11) is 0. The van der Waals surface area contributed by atoms with Crippen LogP contribution < -0.4 is 5.32 Å². The van der Waals surface area contributed by atoms with Gasteiger partial charge in [0.15, 0.2) is 0 Å². The van der Waals surface area contributed by atoms with Crippen LogP contribution in [0.2, 0.25) is 0 Å². The van der Waals surface area contributed by atoms with Gasteiger partial charge in [0.05, 0.1) is 19.1 Å². The first kappa shape index (κ1) is 16.7. The Morgan fingerprint density at radius 2 is 1.78 bits per heavy atom. The van der Waals surface area contributed by atoms with Gasteiger partial charge in [-0.05, 0) is 6.42 Å². The number of rotatable bonds is 9. The molecule has 106 valence electrons. The molecular weight excluding hydrogens is 240 g/mol. The third kappa shape index (κ3) is 6.41. The SMILES string of the molecule is CCCC(CNC(=O)N(CCO)CCO)C(=O)O. The molecule has 0 saturated heterocycles. The van der Waals surface area contributed by atoms with Crippen LogP contribution in [0.5, 0.6) is 0 Å². The zero-order chi connectivity index (χ0) is 14.0. The minimum Gasteiger partial charge on any atom is -0.481 e. The highest BCUT2D eigenvalue weighted by atomic mass is 16.4. The van der Waals surface area contributed by atoms with E-state index in [9.17, 15) is 9.59 Å². The molecule has 1 atom stereocenters. The van der Waals surface area contributed by atoms with Crippen LogP contribution in [0.1, 0.15) is 19.8 Å². The summed E-state index contributed by atoms with van der Waals surface area (Å²) < 4.78 is 0. The molecule has 18 heavy (non-hydrogen) atoms. The zero-order valence-corrected chi connectivity index (χ0v) is 10.6. The summed E-state index contributed by atoms with van der Waals surface area (Å²) in [4.78, 5) is 23.8. The van der Waals surface area contributed by atoms with Crippen molar-refractivity contribution in [2.45, 2.75) is 19.8 Å². The molecule has 0 rings (SSSR count). The number of nitrogens with one attached hydrogen (secondary N) is 1. The summed E-state index contributed by atoms with van der Waals surface area (Å²) in [6.45, 7) is 1.74. The van der Waals surface area contributed by atoms with Crippen molar-refractivity contribution in [1.82, 2.24) is 10.2 Å². The highest BCUT2D eigenvalue weighted by molar-refractivity contribution is 5.76. The largest absolute Gasteiger partial charge is 0.481 e. The number of carbonyl (C=O) groups excluding carboxylic acids is 1. The minimum absolute atomic E-state index is 0.0510. The Kier molecular flexibility index (Phi) is 8.95. The number of carboxylic acid groups (broad SMARTS) is 1. The standard InChI is InChI=1S/C11H22N2O5/c1-2-3-9(10(16)17)8-12-11(18)13(4-6-14)5-7-15/h9,14-15H,2-8H2,1H3,(H,12,18)(H,16,17). The van der Waals surface area contributed by atoms with Crippen LogP contribution in [0.3, 0.4) is 0 Å². The summed E-state index contributed by atoms with van der Waals surface area (Å²) in [5, 5.41) is 28.9. The maximum atomic E-state index is 11.7. The van der Waals surface area contributed by atoms with Crippen LogP contribution in [-0.2, 0) is 4.79 Å². The molecule has 0 aliphatic heterocycles. The van der Waals surface area contributed by atoms with E-state index < -0.39 is 17.9 Å². The van der Waals surface area contributed by atoms with Crippen LogP contribution in [-0.4, -0.2) is 65.1 Å². The topological polar surface area (TPSA) is 110 Å². The Bertz CT molecular complexity index is 254. The number of aliphatic hydroxyl groups is 2. The predicted molar refractivity (Wildman–Crippen MR) is 65.2 cm³/mol. The second kappa shape index (κ2) is 9.67. The Hall–Kier alpha value is -1.34. The molecule has 0 spiro atoms. The molecule has 2 amide bonds. The lowest BCUT2D eigenvalue weighted by Crippen LogP contribution is -2.45. The average molecular weight is 262 g/mol. The monoisotopic (exact) mass is 262 g/mol. The van der Waals surface area contributed by atoms with Crippen LogP contribution in [0.15, 0.2) is 0 Å². The van der Waals surface area contributed by atoms with E-state index in [1.54, 1.807) is 0 Å². The lowest BCUT2D eigenvalue weighted by molar-refractivity contribution is -0.141. The van der Waals surface area contributed by atoms with Gasteiger partial charge in [-0.15, -0.1) is 0 Å². The summed E-state index contributed by atoms with van der Waals surface area (Å²) in [6, 6.07) is -0.472. The van der Waals surface area contributed by atoms with Crippen molar-refractivity contribution in [2.24, 2.45) is 5.92 Å². The molecule has 0 bridgehead atoms.